The van der Waals surface area contributed by atoms with Crippen molar-refractivity contribution in [1.82, 2.24) is 19.8 Å². The number of hydroxylamine groups is 1. The van der Waals surface area contributed by atoms with E-state index in [4.69, 9.17) is 9.57 Å². The Labute approximate surface area is 274 Å². The summed E-state index contributed by atoms with van der Waals surface area (Å²) in [5, 5.41) is 7.73. The number of benzene rings is 2. The zero-order valence-corrected chi connectivity index (χ0v) is 27.1. The number of carbonyl (C=O) groups is 1. The molecule has 3 saturated heterocycles. The van der Waals surface area contributed by atoms with Crippen LogP contribution >= 0.6 is 0 Å². The van der Waals surface area contributed by atoms with Crippen molar-refractivity contribution < 1.29 is 23.1 Å². The summed E-state index contributed by atoms with van der Waals surface area (Å²) in [7, 11) is 5.90. The van der Waals surface area contributed by atoms with Gasteiger partial charge < -0.3 is 25.2 Å². The molecule has 0 unspecified atom stereocenters. The van der Waals surface area contributed by atoms with Crippen LogP contribution in [-0.2, 0) is 9.63 Å². The average Bonchev–Trinajstić information content (AvgIpc) is 3.78. The fourth-order valence-corrected chi connectivity index (χ4v) is 6.80. The number of carbonyl (C=O) groups excluding carboxylic acids is 1. The van der Waals surface area contributed by atoms with E-state index in [1.165, 1.54) is 30.0 Å². The monoisotopic (exact) mass is 648 g/mol. The van der Waals surface area contributed by atoms with Crippen LogP contribution in [0.2, 0.25) is 0 Å². The lowest BCUT2D eigenvalue weighted by atomic mass is 10.0. The molecule has 1 amide bonds. The van der Waals surface area contributed by atoms with Crippen molar-refractivity contribution in [3.8, 4) is 5.75 Å². The lowest BCUT2D eigenvalue weighted by Gasteiger charge is -2.39. The van der Waals surface area contributed by atoms with Crippen LogP contribution in [0, 0.1) is 11.6 Å². The molecule has 0 radical (unpaired) electrons. The van der Waals surface area contributed by atoms with Gasteiger partial charge in [0, 0.05) is 62.4 Å². The third kappa shape index (κ3) is 7.02. The molecule has 0 saturated carbocycles. The molecule has 3 fully saturated rings. The van der Waals surface area contributed by atoms with E-state index in [9.17, 15) is 13.6 Å². The summed E-state index contributed by atoms with van der Waals surface area (Å²) in [5.74, 6) is -0.791. The first kappa shape index (κ1) is 32.6. The van der Waals surface area contributed by atoms with E-state index < -0.39 is 17.7 Å². The molecule has 6 rings (SSSR count). The number of nitrogens with zero attached hydrogens (tertiary/aromatic N) is 6. The van der Waals surface area contributed by atoms with Gasteiger partial charge in [0.25, 0.3) is 0 Å². The Morgan fingerprint density at radius 2 is 1.89 bits per heavy atom. The maximum absolute atomic E-state index is 14.7. The highest BCUT2D eigenvalue weighted by molar-refractivity contribution is 6.02. The topological polar surface area (TPSA) is 98.3 Å². The minimum Gasteiger partial charge on any atom is -0.494 e. The first-order valence-electron chi connectivity index (χ1n) is 16.0. The van der Waals surface area contributed by atoms with E-state index in [-0.39, 0.29) is 11.5 Å². The van der Waals surface area contributed by atoms with Crippen LogP contribution in [0.1, 0.15) is 37.3 Å². The van der Waals surface area contributed by atoms with Gasteiger partial charge in [0.1, 0.15) is 17.9 Å². The van der Waals surface area contributed by atoms with Crippen LogP contribution in [0.15, 0.2) is 55.4 Å². The predicted molar refractivity (Wildman–Crippen MR) is 178 cm³/mol. The highest BCUT2D eigenvalue weighted by atomic mass is 19.2. The number of rotatable bonds is 10. The van der Waals surface area contributed by atoms with Crippen molar-refractivity contribution in [3.05, 3.63) is 72.6 Å². The van der Waals surface area contributed by atoms with Crippen LogP contribution in [0.4, 0.5) is 37.5 Å². The SMILES string of the molecule is C=CC(=O)Nc1cc(Nc2cc(N3OCC[C@@H]3c3cccc(F)c3F)ncn2)c(OC)cc1N1CCC(N2CC[C@H](N(C)C)C2)CC1. The highest BCUT2D eigenvalue weighted by Crippen LogP contribution is 2.41. The molecule has 1 aromatic heterocycles. The molecule has 0 aliphatic carbocycles. The van der Waals surface area contributed by atoms with Gasteiger partial charge in [-0.15, -0.1) is 0 Å². The predicted octanol–water partition coefficient (Wildman–Crippen LogP) is 5.12. The molecule has 2 atom stereocenters. The number of nitrogens with one attached hydrogen (secondary N) is 2. The van der Waals surface area contributed by atoms with Gasteiger partial charge in [-0.2, -0.15) is 0 Å². The molecule has 3 aromatic rings. The van der Waals surface area contributed by atoms with Gasteiger partial charge in [0.2, 0.25) is 5.91 Å². The third-order valence-electron chi connectivity index (χ3n) is 9.39. The number of likely N-dealkylation sites (tertiary alicyclic amines) is 1. The number of halogens is 2. The second kappa shape index (κ2) is 14.2. The van der Waals surface area contributed by atoms with Crippen molar-refractivity contribution in [2.24, 2.45) is 0 Å². The number of hydrogen-bond donors (Lipinski definition) is 2. The normalized spacial score (nSPS) is 20.6. The second-order valence-corrected chi connectivity index (χ2v) is 12.4. The summed E-state index contributed by atoms with van der Waals surface area (Å²) in [6.07, 6.45) is 6.32. The summed E-state index contributed by atoms with van der Waals surface area (Å²) >= 11 is 0. The molecule has 4 heterocycles. The Morgan fingerprint density at radius 1 is 1.09 bits per heavy atom. The molecule has 3 aliphatic heterocycles. The van der Waals surface area contributed by atoms with E-state index in [0.717, 1.165) is 50.8 Å². The zero-order valence-electron chi connectivity index (χ0n) is 27.1. The maximum Gasteiger partial charge on any atom is 0.247 e. The fraction of sp³-hybridized carbons (Fsp3) is 0.441. The van der Waals surface area contributed by atoms with Gasteiger partial charge in [-0.1, -0.05) is 18.7 Å². The van der Waals surface area contributed by atoms with Crippen LogP contribution in [-0.4, -0.2) is 91.7 Å². The third-order valence-corrected chi connectivity index (χ3v) is 9.39. The molecule has 11 nitrogen and oxygen atoms in total. The van der Waals surface area contributed by atoms with E-state index in [1.807, 2.05) is 12.1 Å². The first-order chi connectivity index (χ1) is 22.7. The van der Waals surface area contributed by atoms with Gasteiger partial charge in [0.15, 0.2) is 17.5 Å². The van der Waals surface area contributed by atoms with Crippen molar-refractivity contribution in [2.75, 3.05) is 74.6 Å². The van der Waals surface area contributed by atoms with E-state index >= 15 is 0 Å². The van der Waals surface area contributed by atoms with Crippen molar-refractivity contribution >= 4 is 34.6 Å². The van der Waals surface area contributed by atoms with E-state index in [1.54, 1.807) is 19.2 Å². The molecule has 250 valence electrons. The molecule has 3 aliphatic rings. The number of amides is 1. The maximum atomic E-state index is 14.7. The standard InChI is InChI=1S/C34H42F2N8O3/c1-5-33(45)40-26-17-27(30(46-4)18-29(26)42-13-9-22(10-14-42)43-15-11-23(20-43)41(2)3)39-31-19-32(38-21-37-31)44-28(12-16-47-44)24-7-6-8-25(35)34(24)36/h5-8,17-19,21-23,28H,1,9-16,20H2,2-4H3,(H,40,45)(H,37,38,39)/t23-,28+/m0/s1. The van der Waals surface area contributed by atoms with E-state index in [0.29, 0.717) is 53.9 Å². The fourth-order valence-electron chi connectivity index (χ4n) is 6.80. The van der Waals surface area contributed by atoms with E-state index in [2.05, 4.69) is 56.0 Å². The van der Waals surface area contributed by atoms with Gasteiger partial charge in [-0.05, 0) is 51.6 Å². The van der Waals surface area contributed by atoms with Gasteiger partial charge in [-0.3, -0.25) is 14.5 Å². The molecule has 2 N–H and O–H groups in total. The smallest absolute Gasteiger partial charge is 0.247 e. The second-order valence-electron chi connectivity index (χ2n) is 12.4. The number of ether oxygens (including phenoxy) is 1. The highest BCUT2D eigenvalue weighted by Gasteiger charge is 2.34. The first-order valence-corrected chi connectivity index (χ1v) is 16.0. The molecule has 13 heteroatoms. The number of piperidine rings is 1. The Kier molecular flexibility index (Phi) is 9.85. The summed E-state index contributed by atoms with van der Waals surface area (Å²) in [5.41, 5.74) is 2.24. The molecular weight excluding hydrogens is 606 g/mol. The molecule has 0 bridgehead atoms. The van der Waals surface area contributed by atoms with Crippen LogP contribution in [0.3, 0.4) is 0 Å². The summed E-state index contributed by atoms with van der Waals surface area (Å²) in [4.78, 5) is 34.3. The quantitative estimate of drug-likeness (QED) is 0.289. The minimum absolute atomic E-state index is 0.192. The molecule has 2 aromatic carbocycles. The zero-order chi connectivity index (χ0) is 33.1. The number of aromatic nitrogens is 2. The van der Waals surface area contributed by atoms with Crippen LogP contribution in [0.5, 0.6) is 5.75 Å². The molecule has 47 heavy (non-hydrogen) atoms. The number of methoxy groups -OCH3 is 1. The van der Waals surface area contributed by atoms with Crippen LogP contribution in [0.25, 0.3) is 0 Å². The van der Waals surface area contributed by atoms with Crippen molar-refractivity contribution in [2.45, 2.75) is 43.8 Å². The molecular formula is C34H42F2N8O3. The Balaban J connectivity index is 1.22. The Morgan fingerprint density at radius 3 is 2.62 bits per heavy atom. The lowest BCUT2D eigenvalue weighted by Crippen LogP contribution is -2.45. The minimum atomic E-state index is -0.914. The summed E-state index contributed by atoms with van der Waals surface area (Å²) < 4.78 is 34.5. The Bertz CT molecular complexity index is 1600. The number of likely N-dealkylation sites (N-methyl/N-ethyl adjacent to an activating group) is 1. The summed E-state index contributed by atoms with van der Waals surface area (Å²) in [6, 6.07) is 10.1. The molecule has 0 spiro atoms. The number of hydrogen-bond acceptors (Lipinski definition) is 10. The summed E-state index contributed by atoms with van der Waals surface area (Å²) in [6.45, 7) is 7.87. The van der Waals surface area contributed by atoms with Crippen molar-refractivity contribution in [3.63, 3.8) is 0 Å². The van der Waals surface area contributed by atoms with Crippen molar-refractivity contribution in [1.29, 1.82) is 0 Å². The van der Waals surface area contributed by atoms with Gasteiger partial charge in [-0.25, -0.2) is 23.8 Å². The number of anilines is 5. The lowest BCUT2D eigenvalue weighted by molar-refractivity contribution is -0.111. The Hall–Kier alpha value is -4.33. The largest absolute Gasteiger partial charge is 0.494 e. The van der Waals surface area contributed by atoms with Gasteiger partial charge in [0.05, 0.1) is 36.8 Å². The van der Waals surface area contributed by atoms with Gasteiger partial charge >= 0.3 is 0 Å². The van der Waals surface area contributed by atoms with Crippen LogP contribution < -0.4 is 25.3 Å². The average molecular weight is 649 g/mol.